The molecule has 2 aliphatic heterocycles. The van der Waals surface area contributed by atoms with Crippen LogP contribution in [0.5, 0.6) is 0 Å². The average Bonchev–Trinajstić information content (AvgIpc) is 2.84. The first kappa shape index (κ1) is 11.9. The van der Waals surface area contributed by atoms with Crippen LogP contribution >= 0.6 is 0 Å². The first-order valence-corrected chi connectivity index (χ1v) is 6.45. The minimum atomic E-state index is 0.317. The van der Waals surface area contributed by atoms with E-state index in [9.17, 15) is 4.79 Å². The maximum atomic E-state index is 11.7. The van der Waals surface area contributed by atoms with Gasteiger partial charge in [-0.1, -0.05) is 0 Å². The third-order valence-electron chi connectivity index (χ3n) is 3.45. The van der Waals surface area contributed by atoms with Crippen molar-refractivity contribution < 1.29 is 9.53 Å². The van der Waals surface area contributed by atoms with Crippen LogP contribution in [-0.4, -0.2) is 49.7 Å². The molecule has 4 heteroatoms. The van der Waals surface area contributed by atoms with Crippen molar-refractivity contribution in [2.75, 3.05) is 32.8 Å². The Kier molecular flexibility index (Phi) is 4.60. The summed E-state index contributed by atoms with van der Waals surface area (Å²) in [5.74, 6) is 0.317. The van der Waals surface area contributed by atoms with E-state index in [2.05, 4.69) is 5.32 Å². The normalized spacial score (nSPS) is 22.6. The summed E-state index contributed by atoms with van der Waals surface area (Å²) in [6.07, 6.45) is 5.17. The molecule has 2 saturated heterocycles. The first-order chi connectivity index (χ1) is 7.86. The minimum Gasteiger partial charge on any atom is -0.381 e. The molecule has 0 atom stereocenters. The van der Waals surface area contributed by atoms with Gasteiger partial charge in [-0.3, -0.25) is 4.79 Å². The van der Waals surface area contributed by atoms with Crippen LogP contribution in [0.25, 0.3) is 0 Å². The van der Waals surface area contributed by atoms with E-state index in [-0.39, 0.29) is 0 Å². The zero-order valence-electron chi connectivity index (χ0n) is 9.91. The Morgan fingerprint density at radius 2 is 1.94 bits per heavy atom. The van der Waals surface area contributed by atoms with Crippen LogP contribution in [0.1, 0.15) is 32.1 Å². The maximum Gasteiger partial charge on any atom is 0.223 e. The van der Waals surface area contributed by atoms with Crippen LogP contribution in [0.3, 0.4) is 0 Å². The molecule has 0 aromatic rings. The molecule has 2 heterocycles. The molecule has 92 valence electrons. The summed E-state index contributed by atoms with van der Waals surface area (Å²) in [6.45, 7) is 4.47. The fraction of sp³-hybridized carbons (Fsp3) is 0.917. The standard InChI is InChI=1S/C12H22N2O2/c15-12(14-7-1-2-8-14)3-6-13-11-4-9-16-10-5-11/h11,13H,1-10H2. The molecule has 0 spiro atoms. The Morgan fingerprint density at radius 3 is 2.62 bits per heavy atom. The number of carbonyl (C=O) groups is 1. The number of amides is 1. The molecule has 0 aromatic carbocycles. The van der Waals surface area contributed by atoms with E-state index in [1.165, 1.54) is 12.8 Å². The smallest absolute Gasteiger partial charge is 0.223 e. The van der Waals surface area contributed by atoms with Crippen LogP contribution in [-0.2, 0) is 9.53 Å². The van der Waals surface area contributed by atoms with Crippen molar-refractivity contribution in [3.63, 3.8) is 0 Å². The Labute approximate surface area is 97.3 Å². The van der Waals surface area contributed by atoms with E-state index < -0.39 is 0 Å². The first-order valence-electron chi connectivity index (χ1n) is 6.45. The third kappa shape index (κ3) is 3.46. The topological polar surface area (TPSA) is 41.6 Å². The van der Waals surface area contributed by atoms with E-state index >= 15 is 0 Å². The van der Waals surface area contributed by atoms with Gasteiger partial charge in [0, 0.05) is 45.3 Å². The highest BCUT2D eigenvalue weighted by Crippen LogP contribution is 2.09. The quantitative estimate of drug-likeness (QED) is 0.770. The largest absolute Gasteiger partial charge is 0.381 e. The lowest BCUT2D eigenvalue weighted by Gasteiger charge is -2.23. The lowest BCUT2D eigenvalue weighted by Crippen LogP contribution is -2.37. The molecule has 16 heavy (non-hydrogen) atoms. The van der Waals surface area contributed by atoms with Gasteiger partial charge in [0.05, 0.1) is 0 Å². The van der Waals surface area contributed by atoms with Crippen LogP contribution in [0, 0.1) is 0 Å². The Bertz CT molecular complexity index is 221. The molecule has 0 aromatic heterocycles. The molecule has 2 aliphatic rings. The van der Waals surface area contributed by atoms with Crippen LogP contribution in [0.4, 0.5) is 0 Å². The number of hydrogen-bond donors (Lipinski definition) is 1. The van der Waals surface area contributed by atoms with Crippen molar-refractivity contribution in [2.24, 2.45) is 0 Å². The van der Waals surface area contributed by atoms with Crippen LogP contribution in [0.2, 0.25) is 0 Å². The molecule has 4 nitrogen and oxygen atoms in total. The second-order valence-corrected chi connectivity index (χ2v) is 4.68. The van der Waals surface area contributed by atoms with Gasteiger partial charge in [0.15, 0.2) is 0 Å². The van der Waals surface area contributed by atoms with Crippen molar-refractivity contribution in [1.82, 2.24) is 10.2 Å². The molecular formula is C12H22N2O2. The monoisotopic (exact) mass is 226 g/mol. The molecule has 0 bridgehead atoms. The van der Waals surface area contributed by atoms with E-state index in [4.69, 9.17) is 4.74 Å². The number of hydrogen-bond acceptors (Lipinski definition) is 3. The number of carbonyl (C=O) groups excluding carboxylic acids is 1. The summed E-state index contributed by atoms with van der Waals surface area (Å²) in [6, 6.07) is 0.556. The van der Waals surface area contributed by atoms with Gasteiger partial charge in [-0.25, -0.2) is 0 Å². The summed E-state index contributed by atoms with van der Waals surface area (Å²) in [5.41, 5.74) is 0. The highest BCUT2D eigenvalue weighted by atomic mass is 16.5. The van der Waals surface area contributed by atoms with Gasteiger partial charge in [0.1, 0.15) is 0 Å². The van der Waals surface area contributed by atoms with E-state index in [0.717, 1.165) is 45.7 Å². The zero-order chi connectivity index (χ0) is 11.2. The molecule has 2 fully saturated rings. The predicted molar refractivity (Wildman–Crippen MR) is 62.3 cm³/mol. The molecular weight excluding hydrogens is 204 g/mol. The van der Waals surface area contributed by atoms with Gasteiger partial charge >= 0.3 is 0 Å². The van der Waals surface area contributed by atoms with Crippen LogP contribution in [0.15, 0.2) is 0 Å². The van der Waals surface area contributed by atoms with E-state index in [1.807, 2.05) is 4.90 Å². The predicted octanol–water partition coefficient (Wildman–Crippen LogP) is 0.767. The second kappa shape index (κ2) is 6.21. The highest BCUT2D eigenvalue weighted by Gasteiger charge is 2.18. The van der Waals surface area contributed by atoms with Gasteiger partial charge in [-0.2, -0.15) is 0 Å². The van der Waals surface area contributed by atoms with E-state index in [0.29, 0.717) is 18.4 Å². The summed E-state index contributed by atoms with van der Waals surface area (Å²) in [7, 11) is 0. The highest BCUT2D eigenvalue weighted by molar-refractivity contribution is 5.76. The fourth-order valence-electron chi connectivity index (χ4n) is 2.41. The molecule has 0 aliphatic carbocycles. The van der Waals surface area contributed by atoms with Gasteiger partial charge < -0.3 is 15.0 Å². The third-order valence-corrected chi connectivity index (χ3v) is 3.45. The summed E-state index contributed by atoms with van der Waals surface area (Å²) in [4.78, 5) is 13.7. The summed E-state index contributed by atoms with van der Waals surface area (Å²) < 4.78 is 5.29. The van der Waals surface area contributed by atoms with Crippen molar-refractivity contribution in [2.45, 2.75) is 38.1 Å². The molecule has 1 N–H and O–H groups in total. The molecule has 0 unspecified atom stereocenters. The second-order valence-electron chi connectivity index (χ2n) is 4.68. The van der Waals surface area contributed by atoms with E-state index in [1.54, 1.807) is 0 Å². The average molecular weight is 226 g/mol. The van der Waals surface area contributed by atoms with Crippen LogP contribution < -0.4 is 5.32 Å². The minimum absolute atomic E-state index is 0.317. The van der Waals surface area contributed by atoms with Gasteiger partial charge in [0.2, 0.25) is 5.91 Å². The van der Waals surface area contributed by atoms with Crippen molar-refractivity contribution in [3.8, 4) is 0 Å². The lowest BCUT2D eigenvalue weighted by atomic mass is 10.1. The summed E-state index contributed by atoms with van der Waals surface area (Å²) in [5, 5.41) is 3.45. The Morgan fingerprint density at radius 1 is 1.25 bits per heavy atom. The number of rotatable bonds is 4. The van der Waals surface area contributed by atoms with Gasteiger partial charge in [-0.15, -0.1) is 0 Å². The number of ether oxygens (including phenoxy) is 1. The fourth-order valence-corrected chi connectivity index (χ4v) is 2.41. The lowest BCUT2D eigenvalue weighted by molar-refractivity contribution is -0.130. The van der Waals surface area contributed by atoms with Crippen molar-refractivity contribution >= 4 is 5.91 Å². The SMILES string of the molecule is O=C(CCNC1CCOCC1)N1CCCC1. The Hall–Kier alpha value is -0.610. The molecule has 0 radical (unpaired) electrons. The molecule has 2 rings (SSSR count). The maximum absolute atomic E-state index is 11.7. The number of nitrogens with one attached hydrogen (secondary N) is 1. The number of likely N-dealkylation sites (tertiary alicyclic amines) is 1. The zero-order valence-corrected chi connectivity index (χ0v) is 9.91. The van der Waals surface area contributed by atoms with Crippen molar-refractivity contribution in [1.29, 1.82) is 0 Å². The molecule has 1 amide bonds. The van der Waals surface area contributed by atoms with Gasteiger partial charge in [0.25, 0.3) is 0 Å². The number of nitrogens with zero attached hydrogens (tertiary/aromatic N) is 1. The van der Waals surface area contributed by atoms with Gasteiger partial charge in [-0.05, 0) is 25.7 Å². The summed E-state index contributed by atoms with van der Waals surface area (Å²) >= 11 is 0. The van der Waals surface area contributed by atoms with Crippen molar-refractivity contribution in [3.05, 3.63) is 0 Å². The Balaban J connectivity index is 1.57. The molecule has 0 saturated carbocycles.